The average molecular weight is 471 g/mol. The smallest absolute Gasteiger partial charge is 0.246 e. The van der Waals surface area contributed by atoms with Gasteiger partial charge in [-0.1, -0.05) is 53.7 Å². The molecule has 1 aromatic rings. The molecule has 0 saturated carbocycles. The van der Waals surface area contributed by atoms with Gasteiger partial charge in [-0.3, -0.25) is 14.4 Å². The highest BCUT2D eigenvalue weighted by molar-refractivity contribution is 5.93. The molecule has 8 heteroatoms. The largest absolute Gasteiger partial charge is 0.391 e. The van der Waals surface area contributed by atoms with Crippen molar-refractivity contribution in [3.8, 4) is 6.07 Å². The highest BCUT2D eigenvalue weighted by Crippen LogP contribution is 2.27. The van der Waals surface area contributed by atoms with Gasteiger partial charge in [0.15, 0.2) is 0 Å². The first kappa shape index (κ1) is 27.3. The van der Waals surface area contributed by atoms with Gasteiger partial charge in [0.1, 0.15) is 12.1 Å². The molecular weight excluding hydrogens is 432 g/mol. The van der Waals surface area contributed by atoms with Gasteiger partial charge in [-0.15, -0.1) is 0 Å². The van der Waals surface area contributed by atoms with Crippen LogP contribution in [0.2, 0.25) is 0 Å². The minimum absolute atomic E-state index is 0.0321. The molecule has 1 saturated heterocycles. The highest BCUT2D eigenvalue weighted by atomic mass is 16.3. The summed E-state index contributed by atoms with van der Waals surface area (Å²) in [6, 6.07) is 6.95. The van der Waals surface area contributed by atoms with E-state index in [9.17, 15) is 19.5 Å². The first-order valence-electron chi connectivity index (χ1n) is 11.9. The summed E-state index contributed by atoms with van der Waals surface area (Å²) in [4.78, 5) is 40.9. The van der Waals surface area contributed by atoms with Crippen LogP contribution >= 0.6 is 0 Å². The van der Waals surface area contributed by atoms with Crippen LogP contribution in [0.1, 0.15) is 72.1 Å². The van der Waals surface area contributed by atoms with Crippen molar-refractivity contribution in [1.82, 2.24) is 15.5 Å². The van der Waals surface area contributed by atoms with Crippen LogP contribution in [0.25, 0.3) is 0 Å². The second-order valence-corrected chi connectivity index (χ2v) is 10.7. The van der Waals surface area contributed by atoms with Crippen molar-refractivity contribution in [1.29, 1.82) is 5.26 Å². The molecule has 0 aliphatic carbocycles. The van der Waals surface area contributed by atoms with Crippen molar-refractivity contribution >= 4 is 17.7 Å². The number of hydrogen-bond acceptors (Lipinski definition) is 5. The van der Waals surface area contributed by atoms with Gasteiger partial charge in [0, 0.05) is 18.9 Å². The van der Waals surface area contributed by atoms with E-state index in [-0.39, 0.29) is 48.6 Å². The number of hydrogen-bond donors (Lipinski definition) is 3. The maximum absolute atomic E-state index is 13.6. The van der Waals surface area contributed by atoms with Gasteiger partial charge >= 0.3 is 0 Å². The Morgan fingerprint density at radius 3 is 2.18 bits per heavy atom. The third-order valence-electron chi connectivity index (χ3n) is 6.58. The quantitative estimate of drug-likeness (QED) is 0.565. The lowest BCUT2D eigenvalue weighted by atomic mass is 9.84. The lowest BCUT2D eigenvalue weighted by Gasteiger charge is -2.36. The third-order valence-corrected chi connectivity index (χ3v) is 6.58. The molecule has 0 spiro atoms. The Morgan fingerprint density at radius 1 is 1.09 bits per heavy atom. The van der Waals surface area contributed by atoms with Crippen molar-refractivity contribution in [2.75, 3.05) is 6.54 Å². The van der Waals surface area contributed by atoms with E-state index in [0.29, 0.717) is 5.56 Å². The standard InChI is InChI=1S/C26H38N4O4/c1-15(2)16(3)23(32)29-22(26(5,6)7)25(34)30-14-20(31)12-21(30)24(33)28-17(4)19-10-8-18(13-27)9-11-19/h8-11,15-17,20-22,31H,12,14H2,1-7H3,(H,28,33)(H,29,32). The zero-order valence-corrected chi connectivity index (χ0v) is 21.3. The van der Waals surface area contributed by atoms with E-state index in [4.69, 9.17) is 5.26 Å². The van der Waals surface area contributed by atoms with Crippen LogP contribution in [0.4, 0.5) is 0 Å². The van der Waals surface area contributed by atoms with Crippen molar-refractivity contribution in [3.05, 3.63) is 35.4 Å². The van der Waals surface area contributed by atoms with Crippen molar-refractivity contribution in [3.63, 3.8) is 0 Å². The normalized spacial score (nSPS) is 20.9. The van der Waals surface area contributed by atoms with Crippen LogP contribution in [0.3, 0.4) is 0 Å². The predicted octanol–water partition coefficient (Wildman–Crippen LogP) is 2.52. The topological polar surface area (TPSA) is 123 Å². The molecule has 1 aromatic carbocycles. The molecule has 186 valence electrons. The minimum Gasteiger partial charge on any atom is -0.391 e. The van der Waals surface area contributed by atoms with Gasteiger partial charge in [-0.2, -0.15) is 5.26 Å². The monoisotopic (exact) mass is 470 g/mol. The Kier molecular flexibility index (Phi) is 8.84. The molecule has 0 bridgehead atoms. The van der Waals surface area contributed by atoms with Gasteiger partial charge < -0.3 is 20.6 Å². The third kappa shape index (κ3) is 6.57. The zero-order chi connectivity index (χ0) is 25.8. The summed E-state index contributed by atoms with van der Waals surface area (Å²) in [6.07, 6.45) is -0.693. The van der Waals surface area contributed by atoms with Crippen LogP contribution in [-0.4, -0.2) is 52.5 Å². The van der Waals surface area contributed by atoms with E-state index in [1.807, 2.05) is 48.5 Å². The molecule has 2 rings (SSSR count). The summed E-state index contributed by atoms with van der Waals surface area (Å²) in [5, 5.41) is 25.1. The number of carbonyl (C=O) groups excluding carboxylic acids is 3. The van der Waals surface area contributed by atoms with Crippen LogP contribution in [0, 0.1) is 28.6 Å². The number of rotatable bonds is 7. The Morgan fingerprint density at radius 2 is 1.68 bits per heavy atom. The molecule has 5 unspecified atom stereocenters. The Labute approximate surface area is 202 Å². The molecule has 0 aromatic heterocycles. The highest BCUT2D eigenvalue weighted by Gasteiger charge is 2.45. The number of nitrogens with one attached hydrogen (secondary N) is 2. The number of amides is 3. The minimum atomic E-state index is -0.840. The second-order valence-electron chi connectivity index (χ2n) is 10.7. The number of benzene rings is 1. The van der Waals surface area contributed by atoms with Gasteiger partial charge in [-0.05, 0) is 36.0 Å². The Hall–Kier alpha value is -2.92. The van der Waals surface area contributed by atoms with Crippen molar-refractivity contribution < 1.29 is 19.5 Å². The van der Waals surface area contributed by atoms with E-state index in [1.54, 1.807) is 24.3 Å². The lowest BCUT2D eigenvalue weighted by Crippen LogP contribution is -2.58. The summed E-state index contributed by atoms with van der Waals surface area (Å²) in [5.74, 6) is -1.10. The molecular formula is C26H38N4O4. The van der Waals surface area contributed by atoms with Gasteiger partial charge in [0.05, 0.1) is 23.8 Å². The number of aliphatic hydroxyl groups is 1. The molecule has 1 aliphatic heterocycles. The van der Waals surface area contributed by atoms with E-state index in [2.05, 4.69) is 16.7 Å². The Bertz CT molecular complexity index is 930. The van der Waals surface area contributed by atoms with Crippen LogP contribution in [-0.2, 0) is 14.4 Å². The maximum atomic E-state index is 13.6. The number of likely N-dealkylation sites (tertiary alicyclic amines) is 1. The average Bonchev–Trinajstić information content (AvgIpc) is 3.17. The Balaban J connectivity index is 2.20. The molecule has 0 radical (unpaired) electrons. The fourth-order valence-electron chi connectivity index (χ4n) is 3.94. The maximum Gasteiger partial charge on any atom is 0.246 e. The van der Waals surface area contributed by atoms with E-state index >= 15 is 0 Å². The summed E-state index contributed by atoms with van der Waals surface area (Å²) in [7, 11) is 0. The van der Waals surface area contributed by atoms with Gasteiger partial charge in [0.25, 0.3) is 0 Å². The summed E-state index contributed by atoms with van der Waals surface area (Å²) < 4.78 is 0. The first-order chi connectivity index (χ1) is 15.8. The zero-order valence-electron chi connectivity index (χ0n) is 21.3. The fourth-order valence-corrected chi connectivity index (χ4v) is 3.94. The van der Waals surface area contributed by atoms with Gasteiger partial charge in [-0.25, -0.2) is 0 Å². The molecule has 1 fully saturated rings. The summed E-state index contributed by atoms with van der Waals surface area (Å²) in [6.45, 7) is 13.2. The number of carbonyl (C=O) groups is 3. The van der Waals surface area contributed by atoms with Crippen molar-refractivity contribution in [2.45, 2.75) is 79.1 Å². The van der Waals surface area contributed by atoms with E-state index in [0.717, 1.165) is 5.56 Å². The molecule has 1 aliphatic rings. The molecule has 3 N–H and O–H groups in total. The predicted molar refractivity (Wildman–Crippen MR) is 129 cm³/mol. The number of nitrogens with zero attached hydrogens (tertiary/aromatic N) is 2. The first-order valence-corrected chi connectivity index (χ1v) is 11.9. The van der Waals surface area contributed by atoms with Crippen LogP contribution in [0.5, 0.6) is 0 Å². The van der Waals surface area contributed by atoms with Crippen molar-refractivity contribution in [2.24, 2.45) is 17.3 Å². The SMILES string of the molecule is CC(NC(=O)C1CC(O)CN1C(=O)C(NC(=O)C(C)C(C)C)C(C)(C)C)c1ccc(C#N)cc1. The number of nitriles is 1. The molecule has 1 heterocycles. The number of β-amino-alcohol motifs (C(OH)–C–C–N with tert-alkyl or cyclic N) is 1. The number of aliphatic hydroxyl groups excluding tert-OH is 1. The molecule has 34 heavy (non-hydrogen) atoms. The van der Waals surface area contributed by atoms with E-state index in [1.165, 1.54) is 4.90 Å². The summed E-state index contributed by atoms with van der Waals surface area (Å²) in [5.41, 5.74) is 0.764. The van der Waals surface area contributed by atoms with Crippen LogP contribution < -0.4 is 10.6 Å². The second kappa shape index (κ2) is 11.0. The molecule has 3 amide bonds. The molecule has 8 nitrogen and oxygen atoms in total. The fraction of sp³-hybridized carbons (Fsp3) is 0.615. The lowest BCUT2D eigenvalue weighted by molar-refractivity contribution is -0.144. The molecule has 5 atom stereocenters. The van der Waals surface area contributed by atoms with Crippen LogP contribution in [0.15, 0.2) is 24.3 Å². The van der Waals surface area contributed by atoms with Gasteiger partial charge in [0.2, 0.25) is 17.7 Å². The summed E-state index contributed by atoms with van der Waals surface area (Å²) >= 11 is 0. The van der Waals surface area contributed by atoms with E-state index < -0.39 is 23.6 Å².